The molecule has 1 fully saturated rings. The highest BCUT2D eigenvalue weighted by atomic mass is 16.8. The van der Waals surface area contributed by atoms with E-state index in [0.717, 1.165) is 5.56 Å². The molecule has 0 unspecified atom stereocenters. The average Bonchev–Trinajstić information content (AvgIpc) is 2.57. The maximum absolute atomic E-state index is 11.4. The van der Waals surface area contributed by atoms with Crippen LogP contribution in [-0.2, 0) is 15.1 Å². The SMILES string of the molecule is COc1ccc([C@]2(C)OC(=O)OC2(C)C)cc1OC. The smallest absolute Gasteiger partial charge is 0.493 e. The largest absolute Gasteiger partial charge is 0.510 e. The third-order valence-corrected chi connectivity index (χ3v) is 3.71. The molecular formula is C14H18O5. The average molecular weight is 266 g/mol. The Balaban J connectivity index is 2.49. The fourth-order valence-corrected chi connectivity index (χ4v) is 2.16. The van der Waals surface area contributed by atoms with Gasteiger partial charge in [0, 0.05) is 5.56 Å². The first-order valence-corrected chi connectivity index (χ1v) is 5.98. The standard InChI is InChI=1S/C14H18O5/c1-13(2)14(3,19-12(15)18-13)9-6-7-10(16-4)11(8-9)17-5/h6-8H,1-5H3/t14-/m0/s1. The molecule has 2 rings (SSSR count). The van der Waals surface area contributed by atoms with Crippen molar-refractivity contribution in [1.29, 1.82) is 0 Å². The molecule has 1 atom stereocenters. The molecule has 0 spiro atoms. The van der Waals surface area contributed by atoms with Crippen molar-refractivity contribution in [2.45, 2.75) is 32.0 Å². The van der Waals surface area contributed by atoms with Gasteiger partial charge in [-0.05, 0) is 32.9 Å². The quantitative estimate of drug-likeness (QED) is 0.787. The van der Waals surface area contributed by atoms with E-state index in [1.54, 1.807) is 26.4 Å². The lowest BCUT2D eigenvalue weighted by molar-refractivity contribution is -0.0136. The minimum atomic E-state index is -0.871. The van der Waals surface area contributed by atoms with Crippen LogP contribution in [0.2, 0.25) is 0 Å². The highest BCUT2D eigenvalue weighted by molar-refractivity contribution is 5.65. The van der Waals surface area contributed by atoms with Crippen LogP contribution < -0.4 is 9.47 Å². The molecular weight excluding hydrogens is 248 g/mol. The number of hydrogen-bond acceptors (Lipinski definition) is 5. The van der Waals surface area contributed by atoms with Gasteiger partial charge in [-0.1, -0.05) is 6.07 Å². The highest BCUT2D eigenvalue weighted by Gasteiger charge is 2.55. The van der Waals surface area contributed by atoms with Crippen LogP contribution in [0, 0.1) is 0 Å². The van der Waals surface area contributed by atoms with Crippen LogP contribution in [0.1, 0.15) is 26.3 Å². The van der Waals surface area contributed by atoms with E-state index < -0.39 is 17.4 Å². The molecule has 0 N–H and O–H groups in total. The van der Waals surface area contributed by atoms with Crippen LogP contribution >= 0.6 is 0 Å². The minimum Gasteiger partial charge on any atom is -0.493 e. The fourth-order valence-electron chi connectivity index (χ4n) is 2.16. The number of carbonyl (C=O) groups is 1. The third-order valence-electron chi connectivity index (χ3n) is 3.71. The van der Waals surface area contributed by atoms with E-state index in [-0.39, 0.29) is 0 Å². The molecule has 1 heterocycles. The number of hydrogen-bond donors (Lipinski definition) is 0. The van der Waals surface area contributed by atoms with Gasteiger partial charge < -0.3 is 18.9 Å². The van der Waals surface area contributed by atoms with Crippen LogP contribution in [0.5, 0.6) is 11.5 Å². The van der Waals surface area contributed by atoms with Gasteiger partial charge in [0.25, 0.3) is 0 Å². The van der Waals surface area contributed by atoms with Crippen LogP contribution in [0.25, 0.3) is 0 Å². The molecule has 5 nitrogen and oxygen atoms in total. The van der Waals surface area contributed by atoms with Crippen molar-refractivity contribution in [3.05, 3.63) is 23.8 Å². The van der Waals surface area contributed by atoms with E-state index in [1.165, 1.54) is 0 Å². The summed E-state index contributed by atoms with van der Waals surface area (Å²) >= 11 is 0. The monoisotopic (exact) mass is 266 g/mol. The molecule has 0 aromatic heterocycles. The van der Waals surface area contributed by atoms with E-state index in [0.29, 0.717) is 11.5 Å². The second kappa shape index (κ2) is 4.33. The zero-order valence-corrected chi connectivity index (χ0v) is 11.8. The maximum Gasteiger partial charge on any atom is 0.510 e. The van der Waals surface area contributed by atoms with Gasteiger partial charge in [0.1, 0.15) is 0 Å². The molecule has 0 aliphatic carbocycles. The lowest BCUT2D eigenvalue weighted by Gasteiger charge is -2.33. The Labute approximate surface area is 112 Å². The Morgan fingerprint density at radius 2 is 1.63 bits per heavy atom. The predicted molar refractivity (Wildman–Crippen MR) is 68.5 cm³/mol. The van der Waals surface area contributed by atoms with E-state index in [4.69, 9.17) is 18.9 Å². The molecule has 1 aromatic carbocycles. The molecule has 0 saturated carbocycles. The van der Waals surface area contributed by atoms with Crippen molar-refractivity contribution in [2.24, 2.45) is 0 Å². The van der Waals surface area contributed by atoms with Crippen molar-refractivity contribution >= 4 is 6.16 Å². The Hall–Kier alpha value is -1.91. The molecule has 0 amide bonds. The number of cyclic esters (lactones) is 2. The van der Waals surface area contributed by atoms with Gasteiger partial charge in [0.05, 0.1) is 14.2 Å². The van der Waals surface area contributed by atoms with Crippen LogP contribution in [-0.4, -0.2) is 26.0 Å². The van der Waals surface area contributed by atoms with Crippen LogP contribution in [0.15, 0.2) is 18.2 Å². The van der Waals surface area contributed by atoms with Gasteiger partial charge in [-0.15, -0.1) is 0 Å². The summed E-state index contributed by atoms with van der Waals surface area (Å²) in [4.78, 5) is 11.4. The molecule has 1 aliphatic heterocycles. The van der Waals surface area contributed by atoms with Crippen molar-refractivity contribution in [3.8, 4) is 11.5 Å². The zero-order valence-electron chi connectivity index (χ0n) is 11.8. The zero-order chi connectivity index (χ0) is 14.3. The summed E-state index contributed by atoms with van der Waals surface area (Å²) in [6, 6.07) is 5.41. The molecule has 1 aliphatic rings. The second-order valence-electron chi connectivity index (χ2n) is 5.07. The number of carbonyl (C=O) groups excluding carboxylic acids is 1. The molecule has 104 valence electrons. The molecule has 1 saturated heterocycles. The lowest BCUT2D eigenvalue weighted by Crippen LogP contribution is -2.42. The van der Waals surface area contributed by atoms with E-state index in [2.05, 4.69) is 0 Å². The summed E-state index contributed by atoms with van der Waals surface area (Å²) in [5, 5.41) is 0. The Morgan fingerprint density at radius 3 is 2.11 bits per heavy atom. The van der Waals surface area contributed by atoms with Gasteiger partial charge in [-0.3, -0.25) is 0 Å². The number of rotatable bonds is 3. The molecule has 0 radical (unpaired) electrons. The molecule has 19 heavy (non-hydrogen) atoms. The maximum atomic E-state index is 11.4. The van der Waals surface area contributed by atoms with E-state index in [9.17, 15) is 4.79 Å². The van der Waals surface area contributed by atoms with Gasteiger partial charge >= 0.3 is 6.16 Å². The number of ether oxygens (including phenoxy) is 4. The predicted octanol–water partition coefficient (Wildman–Crippen LogP) is 2.86. The van der Waals surface area contributed by atoms with Crippen molar-refractivity contribution in [2.75, 3.05) is 14.2 Å². The van der Waals surface area contributed by atoms with Gasteiger partial charge in [0.2, 0.25) is 0 Å². The van der Waals surface area contributed by atoms with Crippen LogP contribution in [0.4, 0.5) is 4.79 Å². The lowest BCUT2D eigenvalue weighted by atomic mass is 9.81. The summed E-state index contributed by atoms with van der Waals surface area (Å²) in [5.41, 5.74) is -0.839. The summed E-state index contributed by atoms with van der Waals surface area (Å²) in [6.45, 7) is 5.45. The fraction of sp³-hybridized carbons (Fsp3) is 0.500. The summed E-state index contributed by atoms with van der Waals surface area (Å²) < 4.78 is 21.0. The Bertz CT molecular complexity index is 509. The second-order valence-corrected chi connectivity index (χ2v) is 5.07. The first-order chi connectivity index (χ1) is 8.84. The first-order valence-electron chi connectivity index (χ1n) is 5.98. The van der Waals surface area contributed by atoms with Crippen molar-refractivity contribution in [1.82, 2.24) is 0 Å². The topological polar surface area (TPSA) is 54.0 Å². The Kier molecular flexibility index (Phi) is 3.08. The minimum absolute atomic E-state index is 0.583. The van der Waals surface area contributed by atoms with E-state index in [1.807, 2.05) is 26.8 Å². The van der Waals surface area contributed by atoms with Gasteiger partial charge in [-0.25, -0.2) is 4.79 Å². The Morgan fingerprint density at radius 1 is 1.00 bits per heavy atom. The summed E-state index contributed by atoms with van der Waals surface area (Å²) in [7, 11) is 3.13. The summed E-state index contributed by atoms with van der Waals surface area (Å²) in [6.07, 6.45) is -0.665. The van der Waals surface area contributed by atoms with Crippen LogP contribution in [0.3, 0.4) is 0 Å². The van der Waals surface area contributed by atoms with Crippen molar-refractivity contribution in [3.63, 3.8) is 0 Å². The first kappa shape index (κ1) is 13.5. The molecule has 1 aromatic rings. The molecule has 0 bridgehead atoms. The van der Waals surface area contributed by atoms with Crippen molar-refractivity contribution < 1.29 is 23.7 Å². The third kappa shape index (κ3) is 1.99. The normalized spacial score (nSPS) is 24.6. The summed E-state index contributed by atoms with van der Waals surface area (Å²) in [5.74, 6) is 1.21. The number of methoxy groups -OCH3 is 2. The highest BCUT2D eigenvalue weighted by Crippen LogP contribution is 2.46. The van der Waals surface area contributed by atoms with Gasteiger partial charge in [0.15, 0.2) is 22.7 Å². The van der Waals surface area contributed by atoms with Gasteiger partial charge in [-0.2, -0.15) is 0 Å². The molecule has 5 heteroatoms. The number of benzene rings is 1. The van der Waals surface area contributed by atoms with E-state index >= 15 is 0 Å².